The Morgan fingerprint density at radius 3 is 2.52 bits per heavy atom. The van der Waals surface area contributed by atoms with E-state index in [9.17, 15) is 4.79 Å². The van der Waals surface area contributed by atoms with Crippen molar-refractivity contribution in [3.05, 3.63) is 29.8 Å². The molecule has 4 nitrogen and oxygen atoms in total. The van der Waals surface area contributed by atoms with Crippen LogP contribution in [0.25, 0.3) is 0 Å². The maximum atomic E-state index is 12.2. The van der Waals surface area contributed by atoms with Crippen molar-refractivity contribution in [2.45, 2.75) is 58.2 Å². The quantitative estimate of drug-likeness (QED) is 0.876. The summed E-state index contributed by atoms with van der Waals surface area (Å²) < 4.78 is 5.63. The van der Waals surface area contributed by atoms with E-state index in [0.717, 1.165) is 37.1 Å². The topological polar surface area (TPSA) is 50.4 Å². The first-order valence-electron chi connectivity index (χ1n) is 7.86. The van der Waals surface area contributed by atoms with Crippen molar-refractivity contribution in [1.82, 2.24) is 10.6 Å². The molecule has 21 heavy (non-hydrogen) atoms. The molecular weight excluding hydrogens is 264 g/mol. The minimum atomic E-state index is -0.0373. The molecule has 2 rings (SSSR count). The first kappa shape index (κ1) is 15.8. The second kappa shape index (κ2) is 7.46. The molecule has 2 N–H and O–H groups in total. The number of piperidine rings is 1. The van der Waals surface area contributed by atoms with Crippen LogP contribution >= 0.6 is 0 Å². The van der Waals surface area contributed by atoms with Gasteiger partial charge in [-0.05, 0) is 57.9 Å². The highest BCUT2D eigenvalue weighted by atomic mass is 16.5. The predicted octanol–water partition coefficient (Wildman–Crippen LogP) is 2.79. The van der Waals surface area contributed by atoms with Gasteiger partial charge in [0.05, 0.1) is 18.2 Å². The van der Waals surface area contributed by atoms with Crippen molar-refractivity contribution in [2.75, 3.05) is 6.54 Å². The fourth-order valence-electron chi connectivity index (χ4n) is 2.58. The van der Waals surface area contributed by atoms with Gasteiger partial charge in [0.15, 0.2) is 0 Å². The van der Waals surface area contributed by atoms with Crippen LogP contribution in [0.4, 0.5) is 0 Å². The van der Waals surface area contributed by atoms with Gasteiger partial charge < -0.3 is 15.4 Å². The second-order valence-electron chi connectivity index (χ2n) is 5.97. The smallest absolute Gasteiger partial charge is 0.237 e. The van der Waals surface area contributed by atoms with Crippen LogP contribution in [0.5, 0.6) is 5.75 Å². The van der Waals surface area contributed by atoms with Crippen LogP contribution in [0.2, 0.25) is 0 Å². The molecule has 1 saturated heterocycles. The van der Waals surface area contributed by atoms with E-state index in [1.165, 1.54) is 0 Å². The van der Waals surface area contributed by atoms with E-state index < -0.39 is 0 Å². The van der Waals surface area contributed by atoms with E-state index in [2.05, 4.69) is 10.6 Å². The van der Waals surface area contributed by atoms with Gasteiger partial charge in [0.25, 0.3) is 0 Å². The van der Waals surface area contributed by atoms with Gasteiger partial charge in [-0.15, -0.1) is 0 Å². The summed E-state index contributed by atoms with van der Waals surface area (Å²) in [5.74, 6) is 0.964. The molecule has 2 unspecified atom stereocenters. The number of carbonyl (C=O) groups excluding carboxylic acids is 1. The maximum absolute atomic E-state index is 12.2. The summed E-state index contributed by atoms with van der Waals surface area (Å²) in [5, 5.41) is 6.36. The van der Waals surface area contributed by atoms with E-state index in [4.69, 9.17) is 4.74 Å². The van der Waals surface area contributed by atoms with E-state index in [1.54, 1.807) is 0 Å². The molecule has 1 amide bonds. The SMILES string of the molecule is CC(C)Oc1ccc(C(C)NC(=O)C2CCCCN2)cc1. The molecule has 0 spiro atoms. The Hall–Kier alpha value is -1.55. The average molecular weight is 290 g/mol. The first-order valence-corrected chi connectivity index (χ1v) is 7.86. The number of hydrogen-bond donors (Lipinski definition) is 2. The van der Waals surface area contributed by atoms with Crippen LogP contribution in [0.15, 0.2) is 24.3 Å². The van der Waals surface area contributed by atoms with Crippen molar-refractivity contribution in [3.8, 4) is 5.75 Å². The van der Waals surface area contributed by atoms with E-state index in [-0.39, 0.29) is 24.1 Å². The Kier molecular flexibility index (Phi) is 5.62. The van der Waals surface area contributed by atoms with Crippen molar-refractivity contribution in [1.29, 1.82) is 0 Å². The molecule has 1 heterocycles. The van der Waals surface area contributed by atoms with Crippen LogP contribution in [-0.2, 0) is 4.79 Å². The minimum absolute atomic E-state index is 0.00864. The van der Waals surface area contributed by atoms with Crippen molar-refractivity contribution in [2.24, 2.45) is 0 Å². The summed E-state index contributed by atoms with van der Waals surface area (Å²) in [7, 11) is 0. The maximum Gasteiger partial charge on any atom is 0.237 e. The summed E-state index contributed by atoms with van der Waals surface area (Å²) in [4.78, 5) is 12.2. The zero-order valence-electron chi connectivity index (χ0n) is 13.2. The van der Waals surface area contributed by atoms with Crippen molar-refractivity contribution < 1.29 is 9.53 Å². The first-order chi connectivity index (χ1) is 10.1. The van der Waals surface area contributed by atoms with Crippen LogP contribution in [-0.4, -0.2) is 24.6 Å². The van der Waals surface area contributed by atoms with E-state index >= 15 is 0 Å². The van der Waals surface area contributed by atoms with Crippen LogP contribution in [0.3, 0.4) is 0 Å². The van der Waals surface area contributed by atoms with Gasteiger partial charge in [-0.2, -0.15) is 0 Å². The molecule has 1 aromatic rings. The van der Waals surface area contributed by atoms with Gasteiger partial charge in [0.1, 0.15) is 5.75 Å². The van der Waals surface area contributed by atoms with Crippen LogP contribution in [0, 0.1) is 0 Å². The fraction of sp³-hybridized carbons (Fsp3) is 0.588. The number of carbonyl (C=O) groups is 1. The predicted molar refractivity (Wildman–Crippen MR) is 84.4 cm³/mol. The van der Waals surface area contributed by atoms with Gasteiger partial charge in [0.2, 0.25) is 5.91 Å². The van der Waals surface area contributed by atoms with Crippen molar-refractivity contribution >= 4 is 5.91 Å². The summed E-state index contributed by atoms with van der Waals surface area (Å²) in [5.41, 5.74) is 1.09. The Labute approximate surface area is 127 Å². The highest BCUT2D eigenvalue weighted by molar-refractivity contribution is 5.82. The van der Waals surface area contributed by atoms with Crippen molar-refractivity contribution in [3.63, 3.8) is 0 Å². The number of nitrogens with one attached hydrogen (secondary N) is 2. The summed E-state index contributed by atoms with van der Waals surface area (Å²) in [6.07, 6.45) is 3.39. The molecule has 0 saturated carbocycles. The molecule has 1 aromatic carbocycles. The third-order valence-corrected chi connectivity index (χ3v) is 3.74. The Morgan fingerprint density at radius 2 is 1.95 bits per heavy atom. The van der Waals surface area contributed by atoms with Crippen LogP contribution < -0.4 is 15.4 Å². The molecule has 4 heteroatoms. The number of ether oxygens (including phenoxy) is 1. The second-order valence-corrected chi connectivity index (χ2v) is 5.97. The summed E-state index contributed by atoms with van der Waals surface area (Å²) >= 11 is 0. The molecule has 0 bridgehead atoms. The highest BCUT2D eigenvalue weighted by Gasteiger charge is 2.21. The lowest BCUT2D eigenvalue weighted by Crippen LogP contribution is -2.47. The van der Waals surface area contributed by atoms with Gasteiger partial charge in [-0.1, -0.05) is 18.6 Å². The van der Waals surface area contributed by atoms with E-state index in [0.29, 0.717) is 0 Å². The van der Waals surface area contributed by atoms with Crippen LogP contribution in [0.1, 0.15) is 51.6 Å². The Balaban J connectivity index is 1.90. The van der Waals surface area contributed by atoms with Gasteiger partial charge in [-0.25, -0.2) is 0 Å². The number of rotatable bonds is 5. The van der Waals surface area contributed by atoms with Gasteiger partial charge in [0, 0.05) is 0 Å². The lowest BCUT2D eigenvalue weighted by Gasteiger charge is -2.24. The molecule has 0 aromatic heterocycles. The molecule has 116 valence electrons. The number of benzene rings is 1. The molecule has 1 fully saturated rings. The molecule has 2 atom stereocenters. The molecule has 0 aliphatic carbocycles. The standard InChI is InChI=1S/C17H26N2O2/c1-12(2)21-15-9-7-14(8-10-15)13(3)19-17(20)16-6-4-5-11-18-16/h7-10,12-13,16,18H,4-6,11H2,1-3H3,(H,19,20). The largest absolute Gasteiger partial charge is 0.491 e. The van der Waals surface area contributed by atoms with E-state index in [1.807, 2.05) is 45.0 Å². The Morgan fingerprint density at radius 1 is 1.24 bits per heavy atom. The zero-order chi connectivity index (χ0) is 15.2. The number of hydrogen-bond acceptors (Lipinski definition) is 3. The molecule has 1 aliphatic heterocycles. The minimum Gasteiger partial charge on any atom is -0.491 e. The highest BCUT2D eigenvalue weighted by Crippen LogP contribution is 2.19. The molecule has 0 radical (unpaired) electrons. The summed E-state index contributed by atoms with van der Waals surface area (Å²) in [6.45, 7) is 6.97. The lowest BCUT2D eigenvalue weighted by molar-refractivity contribution is -0.124. The zero-order valence-corrected chi connectivity index (χ0v) is 13.2. The summed E-state index contributed by atoms with van der Waals surface area (Å²) in [6, 6.07) is 7.90. The average Bonchev–Trinajstić information content (AvgIpc) is 2.48. The third kappa shape index (κ3) is 4.74. The third-order valence-electron chi connectivity index (χ3n) is 3.74. The monoisotopic (exact) mass is 290 g/mol. The molecule has 1 aliphatic rings. The fourth-order valence-corrected chi connectivity index (χ4v) is 2.58. The van der Waals surface area contributed by atoms with Gasteiger partial charge >= 0.3 is 0 Å². The normalized spacial score (nSPS) is 20.1. The molecular formula is C17H26N2O2. The number of amides is 1. The lowest BCUT2D eigenvalue weighted by atomic mass is 10.0. The Bertz CT molecular complexity index is 450. The van der Waals surface area contributed by atoms with Gasteiger partial charge in [-0.3, -0.25) is 4.79 Å².